The molecule has 5 aromatic rings. The topological polar surface area (TPSA) is 173 Å². The van der Waals surface area contributed by atoms with Crippen LogP contribution in [0.3, 0.4) is 0 Å². The number of nitrogens with two attached hydrogens (primary N) is 1. The van der Waals surface area contributed by atoms with Crippen molar-refractivity contribution in [2.45, 2.75) is 6.92 Å². The zero-order chi connectivity index (χ0) is 35.9. The van der Waals surface area contributed by atoms with Gasteiger partial charge in [0.25, 0.3) is 11.8 Å². The predicted octanol–water partition coefficient (Wildman–Crippen LogP) is 6.72. The van der Waals surface area contributed by atoms with Crippen LogP contribution in [0.15, 0.2) is 73.1 Å². The highest BCUT2D eigenvalue weighted by molar-refractivity contribution is 5.95. The van der Waals surface area contributed by atoms with E-state index in [0.29, 0.717) is 17.0 Å². The Morgan fingerprint density at radius 1 is 0.960 bits per heavy atom. The summed E-state index contributed by atoms with van der Waals surface area (Å²) in [5, 5.41) is 18.2. The maximum atomic E-state index is 16.3. The fourth-order valence-electron chi connectivity index (χ4n) is 4.58. The number of hydrogen-bond donors (Lipinski definition) is 3. The van der Waals surface area contributed by atoms with Gasteiger partial charge in [0.15, 0.2) is 23.0 Å². The summed E-state index contributed by atoms with van der Waals surface area (Å²) in [6, 6.07) is 13.1. The molecule has 0 saturated heterocycles. The standard InChI is InChI=1S/C35H31F2N5O8/c1-5-47-27(44)12-9-19-15-25(45-3)30(26(16-19)46-4)50-31-28(36)34(48-22-8-6-7-21(17-22)33-40-13-14-42(33)2)41-35(29(31)37)49-24-18-20(32(38)39)10-11-23(24)43/h6-18,43H,5H2,1-4H3,(H3,38,39)/b12-9+. The van der Waals surface area contributed by atoms with Gasteiger partial charge in [0.1, 0.15) is 17.4 Å². The Morgan fingerprint density at radius 3 is 2.28 bits per heavy atom. The molecule has 0 unspecified atom stereocenters. The summed E-state index contributed by atoms with van der Waals surface area (Å²) in [7, 11) is 4.39. The van der Waals surface area contributed by atoms with Crippen LogP contribution in [0.5, 0.6) is 52.0 Å². The van der Waals surface area contributed by atoms with Crippen molar-refractivity contribution in [3.05, 3.63) is 95.8 Å². The number of nitrogens with one attached hydrogen (secondary N) is 1. The van der Waals surface area contributed by atoms with Crippen LogP contribution < -0.4 is 29.4 Å². The molecule has 0 fully saturated rings. The molecule has 0 bridgehead atoms. The first-order valence-corrected chi connectivity index (χ1v) is 14.8. The zero-order valence-electron chi connectivity index (χ0n) is 27.2. The number of aromatic nitrogens is 3. The zero-order valence-corrected chi connectivity index (χ0v) is 27.2. The molecule has 0 aliphatic rings. The molecule has 4 N–H and O–H groups in total. The minimum Gasteiger partial charge on any atom is -0.504 e. The molecule has 15 heteroatoms. The second-order valence-corrected chi connectivity index (χ2v) is 10.3. The smallest absolute Gasteiger partial charge is 0.330 e. The maximum absolute atomic E-state index is 16.3. The third kappa shape index (κ3) is 7.57. The summed E-state index contributed by atoms with van der Waals surface area (Å²) in [6.07, 6.45) is 5.98. The lowest BCUT2D eigenvalue weighted by Crippen LogP contribution is -2.11. The fraction of sp³-hybridized carbons (Fsp3) is 0.143. The lowest BCUT2D eigenvalue weighted by Gasteiger charge is -2.18. The Bertz CT molecular complexity index is 2070. The van der Waals surface area contributed by atoms with Gasteiger partial charge in [0.05, 0.1) is 20.8 Å². The van der Waals surface area contributed by atoms with E-state index in [1.165, 1.54) is 62.8 Å². The Labute approximate surface area is 284 Å². The summed E-state index contributed by atoms with van der Waals surface area (Å²) in [5.41, 5.74) is 6.76. The van der Waals surface area contributed by atoms with Crippen LogP contribution in [-0.2, 0) is 16.6 Å². The molecule has 258 valence electrons. The molecule has 0 saturated carbocycles. The minimum atomic E-state index is -1.43. The van der Waals surface area contributed by atoms with Crippen molar-refractivity contribution in [1.29, 1.82) is 5.41 Å². The number of pyridine rings is 1. The number of phenolic OH excluding ortho intramolecular Hbond substituents is 1. The number of methoxy groups -OCH3 is 2. The first kappa shape index (κ1) is 34.7. The molecule has 3 aromatic carbocycles. The number of amidine groups is 1. The summed E-state index contributed by atoms with van der Waals surface area (Å²) >= 11 is 0. The van der Waals surface area contributed by atoms with Crippen molar-refractivity contribution in [2.24, 2.45) is 12.8 Å². The molecule has 13 nitrogen and oxygen atoms in total. The van der Waals surface area contributed by atoms with Gasteiger partial charge in [-0.25, -0.2) is 9.78 Å². The van der Waals surface area contributed by atoms with E-state index in [9.17, 15) is 9.90 Å². The van der Waals surface area contributed by atoms with E-state index in [1.807, 2.05) is 0 Å². The van der Waals surface area contributed by atoms with E-state index in [1.54, 1.807) is 49.1 Å². The minimum absolute atomic E-state index is 0.0250. The van der Waals surface area contributed by atoms with Crippen LogP contribution >= 0.6 is 0 Å². The van der Waals surface area contributed by atoms with Crippen molar-refractivity contribution in [3.8, 4) is 63.4 Å². The maximum Gasteiger partial charge on any atom is 0.330 e. The molecular weight excluding hydrogens is 656 g/mol. The van der Waals surface area contributed by atoms with Crippen LogP contribution in [0.4, 0.5) is 8.78 Å². The molecule has 2 heterocycles. The Kier molecular flexibility index (Phi) is 10.4. The third-order valence-electron chi connectivity index (χ3n) is 6.97. The van der Waals surface area contributed by atoms with E-state index in [2.05, 4.69) is 9.97 Å². The van der Waals surface area contributed by atoms with E-state index >= 15 is 8.78 Å². The number of halogens is 2. The number of benzene rings is 3. The Morgan fingerprint density at radius 2 is 1.66 bits per heavy atom. The number of carbonyl (C=O) groups excluding carboxylic acids is 1. The molecule has 0 atom stereocenters. The second-order valence-electron chi connectivity index (χ2n) is 10.3. The van der Waals surface area contributed by atoms with E-state index in [-0.39, 0.29) is 46.8 Å². The lowest BCUT2D eigenvalue weighted by molar-refractivity contribution is -0.137. The van der Waals surface area contributed by atoms with E-state index < -0.39 is 40.9 Å². The quantitative estimate of drug-likeness (QED) is 0.0519. The van der Waals surface area contributed by atoms with Crippen molar-refractivity contribution in [3.63, 3.8) is 0 Å². The largest absolute Gasteiger partial charge is 0.504 e. The summed E-state index contributed by atoms with van der Waals surface area (Å²) in [5.74, 6) is -6.80. The predicted molar refractivity (Wildman–Crippen MR) is 177 cm³/mol. The number of ether oxygens (including phenoxy) is 6. The van der Waals surface area contributed by atoms with Crippen LogP contribution in [-0.4, -0.2) is 52.3 Å². The van der Waals surface area contributed by atoms with Gasteiger partial charge < -0.3 is 43.8 Å². The van der Waals surface area contributed by atoms with E-state index in [4.69, 9.17) is 39.6 Å². The second kappa shape index (κ2) is 15.1. The summed E-state index contributed by atoms with van der Waals surface area (Å²) < 4.78 is 67.3. The number of carbonyl (C=O) groups is 1. The Hall–Kier alpha value is -6.64. The normalized spacial score (nSPS) is 10.9. The van der Waals surface area contributed by atoms with Crippen molar-refractivity contribution < 1.29 is 47.1 Å². The number of nitrogen functional groups attached to an aromatic ring is 1. The number of imidazole rings is 1. The van der Waals surface area contributed by atoms with E-state index in [0.717, 1.165) is 0 Å². The SMILES string of the molecule is CCOC(=O)/C=C/c1cc(OC)c(Oc2c(F)c(Oc3cccc(-c4nccn4C)c3)nc(Oc3cc(C(=N)N)ccc3O)c2F)c(OC)c1. The molecule has 0 aliphatic heterocycles. The van der Waals surface area contributed by atoms with Gasteiger partial charge in [-0.2, -0.15) is 13.8 Å². The van der Waals surface area contributed by atoms with Gasteiger partial charge in [0, 0.05) is 36.6 Å². The number of rotatable bonds is 13. The number of aryl methyl sites for hydroxylation is 1. The Balaban J connectivity index is 1.62. The summed E-state index contributed by atoms with van der Waals surface area (Å²) in [4.78, 5) is 20.1. The number of hydrogen-bond acceptors (Lipinski definition) is 11. The molecule has 0 spiro atoms. The summed E-state index contributed by atoms with van der Waals surface area (Å²) in [6.45, 7) is 1.85. The average Bonchev–Trinajstić information content (AvgIpc) is 3.54. The van der Waals surface area contributed by atoms with Gasteiger partial charge in [-0.15, -0.1) is 0 Å². The lowest BCUT2D eigenvalue weighted by atomic mass is 10.1. The molecule has 50 heavy (non-hydrogen) atoms. The average molecular weight is 688 g/mol. The monoisotopic (exact) mass is 687 g/mol. The van der Waals surface area contributed by atoms with Crippen molar-refractivity contribution in [2.75, 3.05) is 20.8 Å². The number of phenols is 1. The van der Waals surface area contributed by atoms with Gasteiger partial charge in [0.2, 0.25) is 23.1 Å². The highest BCUT2D eigenvalue weighted by atomic mass is 19.1. The fourth-order valence-corrected chi connectivity index (χ4v) is 4.58. The molecule has 0 amide bonds. The number of aromatic hydroxyl groups is 1. The number of nitrogens with zero attached hydrogens (tertiary/aromatic N) is 3. The molecule has 0 radical (unpaired) electrons. The molecule has 2 aromatic heterocycles. The van der Waals surface area contributed by atoms with Crippen molar-refractivity contribution >= 4 is 17.9 Å². The van der Waals surface area contributed by atoms with Gasteiger partial charge in [-0.1, -0.05) is 12.1 Å². The van der Waals surface area contributed by atoms with Gasteiger partial charge >= 0.3 is 5.97 Å². The van der Waals surface area contributed by atoms with Gasteiger partial charge in [-0.3, -0.25) is 5.41 Å². The molecular formula is C35H31F2N5O8. The number of esters is 1. The molecule has 5 rings (SSSR count). The van der Waals surface area contributed by atoms with Crippen molar-refractivity contribution in [1.82, 2.24) is 14.5 Å². The highest BCUT2D eigenvalue weighted by Crippen LogP contribution is 2.46. The van der Waals surface area contributed by atoms with Crippen LogP contribution in [0.1, 0.15) is 18.1 Å². The highest BCUT2D eigenvalue weighted by Gasteiger charge is 2.29. The van der Waals surface area contributed by atoms with Crippen LogP contribution in [0.25, 0.3) is 17.5 Å². The van der Waals surface area contributed by atoms with Crippen LogP contribution in [0.2, 0.25) is 0 Å². The first-order valence-electron chi connectivity index (χ1n) is 14.8. The first-order chi connectivity index (χ1) is 24.0. The third-order valence-corrected chi connectivity index (χ3v) is 6.97. The van der Waals surface area contributed by atoms with Gasteiger partial charge in [-0.05, 0) is 61.0 Å². The molecule has 0 aliphatic carbocycles. The van der Waals surface area contributed by atoms with Crippen LogP contribution in [0, 0.1) is 17.0 Å².